The molecule has 0 radical (unpaired) electrons. The topological polar surface area (TPSA) is 47.0 Å². The number of aromatic nitrogens is 2. The molecular formula is C15H19N3O. The normalized spacial score (nSPS) is 10.4. The molecular weight excluding hydrogens is 238 g/mol. The van der Waals surface area contributed by atoms with Gasteiger partial charge < -0.3 is 10.1 Å². The van der Waals surface area contributed by atoms with Gasteiger partial charge in [0.05, 0.1) is 18.1 Å². The number of hydrogen-bond donors (Lipinski definition) is 1. The van der Waals surface area contributed by atoms with Crippen molar-refractivity contribution >= 4 is 0 Å². The lowest BCUT2D eigenvalue weighted by Crippen LogP contribution is -2.14. The summed E-state index contributed by atoms with van der Waals surface area (Å²) in [6.07, 6.45) is 4.52. The highest BCUT2D eigenvalue weighted by Crippen LogP contribution is 2.22. The molecule has 2 rings (SSSR count). The van der Waals surface area contributed by atoms with E-state index in [2.05, 4.69) is 22.2 Å². The highest BCUT2D eigenvalue weighted by Gasteiger charge is 2.02. The van der Waals surface area contributed by atoms with Crippen molar-refractivity contribution in [3.63, 3.8) is 0 Å². The minimum absolute atomic E-state index is 0.522. The summed E-state index contributed by atoms with van der Waals surface area (Å²) < 4.78 is 5.70. The quantitative estimate of drug-likeness (QED) is 0.808. The van der Waals surface area contributed by atoms with Crippen LogP contribution in [0.25, 0.3) is 0 Å². The van der Waals surface area contributed by atoms with E-state index in [9.17, 15) is 0 Å². The molecule has 0 aliphatic rings. The lowest BCUT2D eigenvalue weighted by molar-refractivity contribution is 0.455. The van der Waals surface area contributed by atoms with Crippen molar-refractivity contribution in [1.82, 2.24) is 15.3 Å². The highest BCUT2D eigenvalue weighted by atomic mass is 16.5. The van der Waals surface area contributed by atoms with E-state index in [1.165, 1.54) is 0 Å². The molecule has 100 valence electrons. The zero-order chi connectivity index (χ0) is 13.5. The van der Waals surface area contributed by atoms with Crippen LogP contribution in [0, 0.1) is 6.92 Å². The molecule has 0 saturated heterocycles. The predicted molar refractivity (Wildman–Crippen MR) is 75.3 cm³/mol. The molecule has 0 saturated carbocycles. The Balaban J connectivity index is 1.97. The minimum Gasteiger partial charge on any atom is -0.437 e. The minimum atomic E-state index is 0.522. The van der Waals surface area contributed by atoms with Crippen LogP contribution in [-0.4, -0.2) is 16.5 Å². The van der Waals surface area contributed by atoms with Gasteiger partial charge >= 0.3 is 0 Å². The number of nitrogens with one attached hydrogen (secondary N) is 1. The van der Waals surface area contributed by atoms with Gasteiger partial charge in [-0.1, -0.05) is 25.1 Å². The molecule has 1 aromatic heterocycles. The monoisotopic (exact) mass is 257 g/mol. The molecule has 1 aromatic carbocycles. The fourth-order valence-electron chi connectivity index (χ4n) is 1.66. The summed E-state index contributed by atoms with van der Waals surface area (Å²) in [5.41, 5.74) is 2.00. The largest absolute Gasteiger partial charge is 0.437 e. The van der Waals surface area contributed by atoms with Crippen LogP contribution < -0.4 is 10.1 Å². The fourth-order valence-corrected chi connectivity index (χ4v) is 1.66. The Morgan fingerprint density at radius 3 is 2.68 bits per heavy atom. The van der Waals surface area contributed by atoms with Gasteiger partial charge in [0.1, 0.15) is 5.75 Å². The van der Waals surface area contributed by atoms with E-state index < -0.39 is 0 Å². The maximum absolute atomic E-state index is 5.70. The summed E-state index contributed by atoms with van der Waals surface area (Å²) in [5, 5.41) is 3.29. The molecule has 0 amide bonds. The SMILES string of the molecule is CCCNCc1cnc(Oc2ccccc2C)cn1. The molecule has 19 heavy (non-hydrogen) atoms. The number of nitrogens with zero attached hydrogens (tertiary/aromatic N) is 2. The molecule has 0 bridgehead atoms. The molecule has 0 unspecified atom stereocenters. The van der Waals surface area contributed by atoms with Crippen LogP contribution in [0.15, 0.2) is 36.7 Å². The zero-order valence-electron chi connectivity index (χ0n) is 11.4. The molecule has 0 aliphatic carbocycles. The summed E-state index contributed by atoms with van der Waals surface area (Å²) in [4.78, 5) is 8.60. The predicted octanol–water partition coefficient (Wildman–Crippen LogP) is 3.08. The molecule has 2 aromatic rings. The van der Waals surface area contributed by atoms with E-state index in [-0.39, 0.29) is 0 Å². The lowest BCUT2D eigenvalue weighted by Gasteiger charge is -2.07. The second-order valence-electron chi connectivity index (χ2n) is 4.39. The average molecular weight is 257 g/mol. The van der Waals surface area contributed by atoms with Gasteiger partial charge in [0.2, 0.25) is 5.88 Å². The maximum Gasteiger partial charge on any atom is 0.237 e. The number of para-hydroxylation sites is 1. The first-order valence-corrected chi connectivity index (χ1v) is 6.54. The third-order valence-corrected chi connectivity index (χ3v) is 2.72. The van der Waals surface area contributed by atoms with Crippen molar-refractivity contribution in [2.45, 2.75) is 26.8 Å². The van der Waals surface area contributed by atoms with Crippen LogP contribution >= 0.6 is 0 Å². The molecule has 4 nitrogen and oxygen atoms in total. The van der Waals surface area contributed by atoms with Crippen molar-refractivity contribution in [3.8, 4) is 11.6 Å². The van der Waals surface area contributed by atoms with Gasteiger partial charge in [-0.05, 0) is 31.5 Å². The number of aryl methyl sites for hydroxylation is 1. The van der Waals surface area contributed by atoms with Gasteiger partial charge in [0.25, 0.3) is 0 Å². The molecule has 0 aliphatic heterocycles. The molecule has 0 spiro atoms. The second-order valence-corrected chi connectivity index (χ2v) is 4.39. The van der Waals surface area contributed by atoms with Gasteiger partial charge in [-0.3, -0.25) is 4.98 Å². The van der Waals surface area contributed by atoms with E-state index in [0.29, 0.717) is 5.88 Å². The van der Waals surface area contributed by atoms with E-state index in [1.54, 1.807) is 12.4 Å². The van der Waals surface area contributed by atoms with Gasteiger partial charge in [-0.2, -0.15) is 0 Å². The first-order chi connectivity index (χ1) is 9.29. The van der Waals surface area contributed by atoms with E-state index in [1.807, 2.05) is 31.2 Å². The summed E-state index contributed by atoms with van der Waals surface area (Å²) >= 11 is 0. The van der Waals surface area contributed by atoms with Gasteiger partial charge in [0, 0.05) is 6.54 Å². The summed E-state index contributed by atoms with van der Waals surface area (Å²) in [5.74, 6) is 1.34. The third-order valence-electron chi connectivity index (χ3n) is 2.72. The Morgan fingerprint density at radius 2 is 2.00 bits per heavy atom. The first-order valence-electron chi connectivity index (χ1n) is 6.54. The maximum atomic E-state index is 5.70. The first kappa shape index (κ1) is 13.5. The van der Waals surface area contributed by atoms with Crippen molar-refractivity contribution in [1.29, 1.82) is 0 Å². The number of hydrogen-bond acceptors (Lipinski definition) is 4. The standard InChI is InChI=1S/C15H19N3O/c1-3-8-16-9-13-10-18-15(11-17-13)19-14-7-5-4-6-12(14)2/h4-7,10-11,16H,3,8-9H2,1-2H3. The Kier molecular flexibility index (Phi) is 4.86. The third kappa shape index (κ3) is 4.03. The average Bonchev–Trinajstić information content (AvgIpc) is 2.44. The molecule has 4 heteroatoms. The Hall–Kier alpha value is -1.94. The van der Waals surface area contributed by atoms with Crippen LogP contribution in [-0.2, 0) is 6.54 Å². The van der Waals surface area contributed by atoms with E-state index >= 15 is 0 Å². The number of ether oxygens (including phenoxy) is 1. The highest BCUT2D eigenvalue weighted by molar-refractivity contribution is 5.34. The van der Waals surface area contributed by atoms with Gasteiger partial charge in [0.15, 0.2) is 0 Å². The smallest absolute Gasteiger partial charge is 0.237 e. The van der Waals surface area contributed by atoms with Crippen LogP contribution in [0.4, 0.5) is 0 Å². The van der Waals surface area contributed by atoms with Crippen molar-refractivity contribution in [2.75, 3.05) is 6.54 Å². The summed E-state index contributed by atoms with van der Waals surface area (Å²) in [7, 11) is 0. The van der Waals surface area contributed by atoms with Crippen molar-refractivity contribution in [3.05, 3.63) is 47.9 Å². The molecule has 0 atom stereocenters. The van der Waals surface area contributed by atoms with Crippen LogP contribution in [0.3, 0.4) is 0 Å². The number of rotatable bonds is 6. The lowest BCUT2D eigenvalue weighted by atomic mass is 10.2. The Morgan fingerprint density at radius 1 is 1.16 bits per heavy atom. The molecule has 1 heterocycles. The van der Waals surface area contributed by atoms with Crippen molar-refractivity contribution in [2.24, 2.45) is 0 Å². The Labute approximate surface area is 113 Å². The van der Waals surface area contributed by atoms with Crippen LogP contribution in [0.2, 0.25) is 0 Å². The zero-order valence-corrected chi connectivity index (χ0v) is 11.4. The second kappa shape index (κ2) is 6.85. The van der Waals surface area contributed by atoms with E-state index in [0.717, 1.165) is 36.5 Å². The van der Waals surface area contributed by atoms with E-state index in [4.69, 9.17) is 4.74 Å². The van der Waals surface area contributed by atoms with Gasteiger partial charge in [-0.25, -0.2) is 4.98 Å². The molecule has 0 fully saturated rings. The van der Waals surface area contributed by atoms with Gasteiger partial charge in [-0.15, -0.1) is 0 Å². The summed E-state index contributed by atoms with van der Waals surface area (Å²) in [6, 6.07) is 7.86. The van der Waals surface area contributed by atoms with Crippen molar-refractivity contribution < 1.29 is 4.74 Å². The Bertz CT molecular complexity index is 511. The summed E-state index contributed by atoms with van der Waals surface area (Å²) in [6.45, 7) is 5.87. The molecule has 1 N–H and O–H groups in total. The fraction of sp³-hybridized carbons (Fsp3) is 0.333. The number of benzene rings is 1. The van der Waals surface area contributed by atoms with Crippen LogP contribution in [0.1, 0.15) is 24.6 Å². The van der Waals surface area contributed by atoms with Crippen LogP contribution in [0.5, 0.6) is 11.6 Å².